The average molecular weight is 850 g/mol. The van der Waals surface area contributed by atoms with Crippen LogP contribution in [0.3, 0.4) is 0 Å². The number of aliphatic hydroxyl groups is 6. The molecule has 2 saturated heterocycles. The highest BCUT2D eigenvalue weighted by Gasteiger charge is 2.48. The van der Waals surface area contributed by atoms with Crippen LogP contribution in [-0.4, -0.2) is 196 Å². The van der Waals surface area contributed by atoms with Gasteiger partial charge < -0.3 is 70.1 Å². The normalized spacial score (nSPS) is 28.7. The van der Waals surface area contributed by atoms with Crippen LogP contribution >= 0.6 is 35.3 Å². The van der Waals surface area contributed by atoms with Gasteiger partial charge in [-0.3, -0.25) is 20.0 Å². The molecule has 0 aliphatic carbocycles. The third kappa shape index (κ3) is 19.1. The first-order valence-corrected chi connectivity index (χ1v) is 21.4. The number of amides is 3. The summed E-state index contributed by atoms with van der Waals surface area (Å²) in [5, 5.41) is 65.5. The summed E-state index contributed by atoms with van der Waals surface area (Å²) in [6.45, 7) is 5.00. The molecule has 2 aliphatic heterocycles. The number of thioether (sulfide) groups is 3. The molecule has 2 heterocycles. The number of nitrogens with zero attached hydrogens (tertiary/aromatic N) is 1. The summed E-state index contributed by atoms with van der Waals surface area (Å²) in [6, 6.07) is 0. The van der Waals surface area contributed by atoms with Crippen molar-refractivity contribution in [3.63, 3.8) is 0 Å². The van der Waals surface area contributed by atoms with Crippen molar-refractivity contribution in [1.82, 2.24) is 16.2 Å². The van der Waals surface area contributed by atoms with Crippen LogP contribution in [0, 0.1) is 0 Å². The predicted molar refractivity (Wildman–Crippen MR) is 205 cm³/mol. The molecule has 11 N–H and O–H groups in total. The molecule has 10 atom stereocenters. The largest absolute Gasteiger partial charge is 0.443 e. The first kappa shape index (κ1) is 49.4. The van der Waals surface area contributed by atoms with Crippen LogP contribution in [0.1, 0.15) is 33.6 Å². The number of hydrogen-bond acceptors (Lipinski definition) is 19. The number of aliphatic imine (C=N–C) groups is 1. The molecule has 20 nitrogen and oxygen atoms in total. The number of rotatable bonds is 23. The van der Waals surface area contributed by atoms with E-state index in [1.807, 2.05) is 6.26 Å². The molecule has 0 unspecified atom stereocenters. The third-order valence-electron chi connectivity index (χ3n) is 7.68. The van der Waals surface area contributed by atoms with Crippen LogP contribution in [0.2, 0.25) is 0 Å². The van der Waals surface area contributed by atoms with Gasteiger partial charge in [-0.1, -0.05) is 0 Å². The Morgan fingerprint density at radius 1 is 0.800 bits per heavy atom. The molecule has 2 rings (SSSR count). The Bertz CT molecular complexity index is 1180. The monoisotopic (exact) mass is 849 g/mol. The fourth-order valence-corrected chi connectivity index (χ4v) is 6.69. The molecular weight excluding hydrogens is 791 g/mol. The van der Waals surface area contributed by atoms with E-state index in [-0.39, 0.29) is 38.5 Å². The Labute approximate surface area is 333 Å². The van der Waals surface area contributed by atoms with Gasteiger partial charge in [-0.25, -0.2) is 10.2 Å². The van der Waals surface area contributed by atoms with Crippen LogP contribution in [0.15, 0.2) is 4.99 Å². The molecule has 320 valence electrons. The molecular formula is C32H59N5O15S3. The van der Waals surface area contributed by atoms with Crippen molar-refractivity contribution < 1.29 is 73.4 Å². The SMILES string of the molecule is CSCC(N)=NCCSCCO[C@@H]1[C@@H](O)[C@H](O)[C@@H](CO[C@H]2O[C@H](CO)[C@@H](O)[C@H](O)[C@H]2OCCSCCNC(=O)CCC(=O)NNC(=O)OC(C)(C)C)O[C@@H]1O. The zero-order chi connectivity index (χ0) is 41.0. The molecule has 0 bridgehead atoms. The van der Waals surface area contributed by atoms with Crippen LogP contribution < -0.4 is 21.9 Å². The Kier molecular flexibility index (Phi) is 23.7. The van der Waals surface area contributed by atoms with E-state index in [0.717, 1.165) is 0 Å². The molecule has 0 radical (unpaired) electrons. The number of hydrazine groups is 1. The van der Waals surface area contributed by atoms with E-state index in [0.29, 0.717) is 41.1 Å². The highest BCUT2D eigenvalue weighted by molar-refractivity contribution is 7.99. The number of carbonyl (C=O) groups is 3. The number of carbonyl (C=O) groups excluding carboxylic acids is 3. The van der Waals surface area contributed by atoms with Gasteiger partial charge in [0.2, 0.25) is 11.8 Å². The van der Waals surface area contributed by atoms with E-state index in [4.69, 9.17) is 34.2 Å². The van der Waals surface area contributed by atoms with Crippen LogP contribution in [-0.2, 0) is 38.0 Å². The predicted octanol–water partition coefficient (Wildman–Crippen LogP) is -2.71. The summed E-state index contributed by atoms with van der Waals surface area (Å²) in [5.74, 6) is 2.42. The lowest BCUT2D eigenvalue weighted by molar-refractivity contribution is -0.332. The molecule has 0 aromatic heterocycles. The lowest BCUT2D eigenvalue weighted by atomic mass is 9.98. The van der Waals surface area contributed by atoms with Crippen molar-refractivity contribution in [2.45, 2.75) is 101 Å². The summed E-state index contributed by atoms with van der Waals surface area (Å²) < 4.78 is 33.3. The highest BCUT2D eigenvalue weighted by Crippen LogP contribution is 2.27. The van der Waals surface area contributed by atoms with E-state index < -0.39 is 92.2 Å². The first-order valence-electron chi connectivity index (χ1n) is 17.7. The lowest BCUT2D eigenvalue weighted by Gasteiger charge is -2.43. The van der Waals surface area contributed by atoms with Gasteiger partial charge in [0.15, 0.2) is 12.6 Å². The summed E-state index contributed by atoms with van der Waals surface area (Å²) in [5.41, 5.74) is 9.31. The number of amidine groups is 1. The zero-order valence-electron chi connectivity index (χ0n) is 31.6. The van der Waals surface area contributed by atoms with Gasteiger partial charge >= 0.3 is 6.09 Å². The lowest BCUT2D eigenvalue weighted by Crippen LogP contribution is -2.62. The maximum Gasteiger partial charge on any atom is 0.426 e. The topological polar surface area (TPSA) is 302 Å². The van der Waals surface area contributed by atoms with Gasteiger partial charge in [-0.05, 0) is 27.0 Å². The van der Waals surface area contributed by atoms with Gasteiger partial charge in [0.25, 0.3) is 0 Å². The fourth-order valence-electron chi connectivity index (χ4n) is 5.00. The number of nitrogens with two attached hydrogens (primary N) is 1. The number of aliphatic hydroxyl groups excluding tert-OH is 6. The molecule has 0 aromatic carbocycles. The summed E-state index contributed by atoms with van der Waals surface area (Å²) >= 11 is 4.53. The second-order valence-corrected chi connectivity index (χ2v) is 16.6. The van der Waals surface area contributed by atoms with Gasteiger partial charge in [0.1, 0.15) is 60.3 Å². The Balaban J connectivity index is 1.72. The highest BCUT2D eigenvalue weighted by atomic mass is 32.2. The van der Waals surface area contributed by atoms with E-state index in [1.54, 1.807) is 44.3 Å². The Morgan fingerprint density at radius 3 is 2.07 bits per heavy atom. The van der Waals surface area contributed by atoms with Gasteiger partial charge in [-0.15, -0.1) is 0 Å². The molecule has 2 fully saturated rings. The molecule has 23 heteroatoms. The molecule has 2 aliphatic rings. The first-order chi connectivity index (χ1) is 26.1. The minimum absolute atomic E-state index is 0.0570. The molecule has 55 heavy (non-hydrogen) atoms. The third-order valence-corrected chi connectivity index (χ3v) is 10.1. The van der Waals surface area contributed by atoms with Crippen molar-refractivity contribution in [2.24, 2.45) is 10.7 Å². The van der Waals surface area contributed by atoms with Crippen molar-refractivity contribution in [1.29, 1.82) is 0 Å². The van der Waals surface area contributed by atoms with Gasteiger partial charge in [0.05, 0.1) is 32.2 Å². The quantitative estimate of drug-likeness (QED) is 0.0216. The Morgan fingerprint density at radius 2 is 1.42 bits per heavy atom. The van der Waals surface area contributed by atoms with Gasteiger partial charge in [-0.2, -0.15) is 35.3 Å². The van der Waals surface area contributed by atoms with E-state index in [2.05, 4.69) is 21.2 Å². The van der Waals surface area contributed by atoms with Crippen molar-refractivity contribution in [3.8, 4) is 0 Å². The average Bonchev–Trinajstić information content (AvgIpc) is 3.12. The van der Waals surface area contributed by atoms with Crippen LogP contribution in [0.5, 0.6) is 0 Å². The van der Waals surface area contributed by atoms with Crippen molar-refractivity contribution >= 4 is 59.0 Å². The smallest absolute Gasteiger partial charge is 0.426 e. The molecule has 0 spiro atoms. The van der Waals surface area contributed by atoms with Crippen LogP contribution in [0.4, 0.5) is 4.79 Å². The molecule has 0 saturated carbocycles. The summed E-state index contributed by atoms with van der Waals surface area (Å²) in [6.07, 6.45) is -13.1. The number of hydrogen-bond donors (Lipinski definition) is 10. The van der Waals surface area contributed by atoms with Gasteiger partial charge in [0, 0.05) is 48.9 Å². The van der Waals surface area contributed by atoms with Crippen molar-refractivity contribution in [2.75, 3.05) is 74.5 Å². The second kappa shape index (κ2) is 26.3. The molecule has 3 amide bonds. The zero-order valence-corrected chi connectivity index (χ0v) is 34.0. The minimum atomic E-state index is -1.60. The van der Waals surface area contributed by atoms with Crippen molar-refractivity contribution in [3.05, 3.63) is 0 Å². The fraction of sp³-hybridized carbons (Fsp3) is 0.875. The standard InChI is InChI=1S/C32H59N5O15S3/c1-32(2,3)52-31(46)37-36-22(40)6-5-21(39)35-8-12-55-14-10-48-28-26(44)23(41)18(15-38)51-30(28)49-16-19-24(42)25(43)27(29(45)50-19)47-9-13-54-11-7-34-20(33)17-53-4/h18-19,23-30,38,41-45H,5-17H2,1-4H3,(H2,33,34)(H,35,39)(H,36,40)(H,37,46)/t18-,19-,23-,24-,25+,26+,27-,28-,29+,30+/m1/s1. The summed E-state index contributed by atoms with van der Waals surface area (Å²) in [4.78, 5) is 39.8. The maximum absolute atomic E-state index is 12.1. The van der Waals surface area contributed by atoms with Crippen LogP contribution in [0.25, 0.3) is 0 Å². The summed E-state index contributed by atoms with van der Waals surface area (Å²) in [7, 11) is 0. The Hall–Kier alpha value is -1.71. The number of nitrogens with one attached hydrogen (secondary N) is 3. The molecule has 0 aromatic rings. The number of ether oxygens (including phenoxy) is 6. The maximum atomic E-state index is 12.1. The second-order valence-electron chi connectivity index (χ2n) is 13.3. The van der Waals surface area contributed by atoms with E-state index in [1.165, 1.54) is 11.8 Å². The van der Waals surface area contributed by atoms with E-state index in [9.17, 15) is 45.0 Å². The minimum Gasteiger partial charge on any atom is -0.443 e. The van der Waals surface area contributed by atoms with E-state index >= 15 is 0 Å².